The highest BCUT2D eigenvalue weighted by molar-refractivity contribution is 6.21. The minimum absolute atomic E-state index is 0.0433. The van der Waals surface area contributed by atoms with Crippen LogP contribution in [0.25, 0.3) is 0 Å². The summed E-state index contributed by atoms with van der Waals surface area (Å²) >= 11 is 0. The van der Waals surface area contributed by atoms with Crippen molar-refractivity contribution in [2.45, 2.75) is 38.6 Å². The quantitative estimate of drug-likeness (QED) is 0.372. The van der Waals surface area contributed by atoms with Gasteiger partial charge in [-0.15, -0.1) is 0 Å². The van der Waals surface area contributed by atoms with Crippen molar-refractivity contribution in [2.24, 2.45) is 0 Å². The van der Waals surface area contributed by atoms with E-state index < -0.39 is 5.97 Å². The standard InChI is InChI=1S/C26H27N3O6/c1-17(30)35-20-7-4-6-18(16-20)24(32)28-14-11-19(12-15-28)27-23(31)10-5-13-29-25(33)21-8-2-3-9-22(21)26(29)34/h2-4,6-9,16,19H,5,10-15H2,1H3,(H,27,31). The number of amides is 4. The molecule has 0 atom stereocenters. The van der Waals surface area contributed by atoms with Crippen LogP contribution >= 0.6 is 0 Å². The molecular formula is C26H27N3O6. The van der Waals surface area contributed by atoms with Crippen LogP contribution in [0, 0.1) is 0 Å². The highest BCUT2D eigenvalue weighted by Crippen LogP contribution is 2.23. The number of fused-ring (bicyclic) bond motifs is 1. The fourth-order valence-corrected chi connectivity index (χ4v) is 4.41. The van der Waals surface area contributed by atoms with Crippen LogP contribution in [0.4, 0.5) is 0 Å². The van der Waals surface area contributed by atoms with Gasteiger partial charge in [-0.25, -0.2) is 0 Å². The molecule has 4 rings (SSSR count). The maximum atomic E-state index is 12.8. The maximum absolute atomic E-state index is 12.8. The number of imide groups is 1. The molecule has 35 heavy (non-hydrogen) atoms. The molecule has 4 amide bonds. The predicted molar refractivity (Wildman–Crippen MR) is 126 cm³/mol. The van der Waals surface area contributed by atoms with E-state index in [0.29, 0.717) is 54.8 Å². The number of esters is 1. The number of hydrogen-bond donors (Lipinski definition) is 1. The average Bonchev–Trinajstić information content (AvgIpc) is 3.09. The van der Waals surface area contributed by atoms with Crippen molar-refractivity contribution < 1.29 is 28.7 Å². The zero-order valence-corrected chi connectivity index (χ0v) is 19.5. The molecule has 2 aromatic rings. The lowest BCUT2D eigenvalue weighted by atomic mass is 10.0. The third-order valence-corrected chi connectivity index (χ3v) is 6.15. The van der Waals surface area contributed by atoms with Gasteiger partial charge in [-0.05, 0) is 49.6 Å². The fourth-order valence-electron chi connectivity index (χ4n) is 4.41. The average molecular weight is 478 g/mol. The smallest absolute Gasteiger partial charge is 0.308 e. The van der Waals surface area contributed by atoms with Crippen molar-refractivity contribution in [1.82, 2.24) is 15.1 Å². The molecule has 0 bridgehead atoms. The Morgan fingerprint density at radius 1 is 0.971 bits per heavy atom. The van der Waals surface area contributed by atoms with Gasteiger partial charge in [0.15, 0.2) is 0 Å². The zero-order valence-electron chi connectivity index (χ0n) is 19.5. The Morgan fingerprint density at radius 2 is 1.63 bits per heavy atom. The van der Waals surface area contributed by atoms with Gasteiger partial charge in [-0.1, -0.05) is 18.2 Å². The fraction of sp³-hybridized carbons (Fsp3) is 0.346. The number of piperidine rings is 1. The van der Waals surface area contributed by atoms with Crippen LogP contribution in [0.15, 0.2) is 48.5 Å². The van der Waals surface area contributed by atoms with Crippen LogP contribution in [0.3, 0.4) is 0 Å². The monoisotopic (exact) mass is 477 g/mol. The van der Waals surface area contributed by atoms with Gasteiger partial charge in [0, 0.05) is 44.6 Å². The van der Waals surface area contributed by atoms with E-state index in [1.54, 1.807) is 53.4 Å². The Hall–Kier alpha value is -4.01. The van der Waals surface area contributed by atoms with Crippen LogP contribution < -0.4 is 10.1 Å². The van der Waals surface area contributed by atoms with Crippen molar-refractivity contribution in [2.75, 3.05) is 19.6 Å². The molecule has 9 nitrogen and oxygen atoms in total. The molecule has 0 radical (unpaired) electrons. The molecule has 2 aromatic carbocycles. The van der Waals surface area contributed by atoms with Gasteiger partial charge in [0.05, 0.1) is 11.1 Å². The Bertz CT molecular complexity index is 1130. The summed E-state index contributed by atoms with van der Waals surface area (Å²) in [7, 11) is 0. The van der Waals surface area contributed by atoms with Crippen molar-refractivity contribution in [3.63, 3.8) is 0 Å². The number of carbonyl (C=O) groups is 5. The molecule has 9 heteroatoms. The third kappa shape index (κ3) is 5.56. The number of nitrogens with one attached hydrogen (secondary N) is 1. The highest BCUT2D eigenvalue weighted by atomic mass is 16.5. The molecule has 1 fully saturated rings. The van der Waals surface area contributed by atoms with E-state index in [-0.39, 0.29) is 42.6 Å². The first-order chi connectivity index (χ1) is 16.8. The summed E-state index contributed by atoms with van der Waals surface area (Å²) in [6.45, 7) is 2.49. The summed E-state index contributed by atoms with van der Waals surface area (Å²) < 4.78 is 5.05. The Kier molecular flexibility index (Phi) is 7.24. The van der Waals surface area contributed by atoms with Crippen LogP contribution in [-0.4, -0.2) is 65.1 Å². The second-order valence-corrected chi connectivity index (χ2v) is 8.67. The summed E-state index contributed by atoms with van der Waals surface area (Å²) in [6, 6.07) is 13.2. The Balaban J connectivity index is 1.20. The van der Waals surface area contributed by atoms with Crippen molar-refractivity contribution in [3.05, 3.63) is 65.2 Å². The minimum Gasteiger partial charge on any atom is -0.427 e. The first-order valence-corrected chi connectivity index (χ1v) is 11.7. The lowest BCUT2D eigenvalue weighted by Gasteiger charge is -2.32. The Labute approximate surface area is 203 Å². The van der Waals surface area contributed by atoms with Gasteiger partial charge >= 0.3 is 5.97 Å². The molecule has 2 aliphatic heterocycles. The molecule has 0 unspecified atom stereocenters. The van der Waals surface area contributed by atoms with Crippen LogP contribution in [0.1, 0.15) is 63.7 Å². The summed E-state index contributed by atoms with van der Waals surface area (Å²) in [4.78, 5) is 64.1. The molecule has 2 heterocycles. The number of carbonyl (C=O) groups excluding carboxylic acids is 5. The molecule has 0 aromatic heterocycles. The maximum Gasteiger partial charge on any atom is 0.308 e. The van der Waals surface area contributed by atoms with E-state index in [9.17, 15) is 24.0 Å². The van der Waals surface area contributed by atoms with Gasteiger partial charge in [-0.2, -0.15) is 0 Å². The molecule has 0 aliphatic carbocycles. The molecule has 1 saturated heterocycles. The van der Waals surface area contributed by atoms with E-state index in [2.05, 4.69) is 5.32 Å². The van der Waals surface area contributed by atoms with Crippen LogP contribution in [-0.2, 0) is 9.59 Å². The third-order valence-electron chi connectivity index (χ3n) is 6.15. The topological polar surface area (TPSA) is 113 Å². The number of hydrogen-bond acceptors (Lipinski definition) is 6. The minimum atomic E-state index is -0.449. The van der Waals surface area contributed by atoms with Gasteiger partial charge in [0.1, 0.15) is 5.75 Å². The number of ether oxygens (including phenoxy) is 1. The normalized spacial score (nSPS) is 15.7. The van der Waals surface area contributed by atoms with E-state index >= 15 is 0 Å². The zero-order chi connectivity index (χ0) is 24.9. The van der Waals surface area contributed by atoms with E-state index in [4.69, 9.17) is 4.74 Å². The summed E-state index contributed by atoms with van der Waals surface area (Å²) in [6.07, 6.45) is 1.84. The van der Waals surface area contributed by atoms with Crippen molar-refractivity contribution >= 4 is 29.6 Å². The van der Waals surface area contributed by atoms with Gasteiger partial charge in [0.2, 0.25) is 5.91 Å². The van der Waals surface area contributed by atoms with Crippen molar-refractivity contribution in [1.29, 1.82) is 0 Å². The predicted octanol–water partition coefficient (Wildman–Crippen LogP) is 2.41. The van der Waals surface area contributed by atoms with Crippen LogP contribution in [0.5, 0.6) is 5.75 Å². The number of rotatable bonds is 7. The second kappa shape index (κ2) is 10.5. The number of likely N-dealkylation sites (tertiary alicyclic amines) is 1. The molecule has 1 N–H and O–H groups in total. The first kappa shape index (κ1) is 24.1. The second-order valence-electron chi connectivity index (χ2n) is 8.67. The summed E-state index contributed by atoms with van der Waals surface area (Å²) in [5.74, 6) is -1.05. The van der Waals surface area contributed by atoms with Gasteiger partial charge in [-0.3, -0.25) is 28.9 Å². The highest BCUT2D eigenvalue weighted by Gasteiger charge is 2.34. The lowest BCUT2D eigenvalue weighted by Crippen LogP contribution is -2.46. The van der Waals surface area contributed by atoms with Crippen molar-refractivity contribution in [3.8, 4) is 5.75 Å². The Morgan fingerprint density at radius 3 is 2.26 bits per heavy atom. The van der Waals surface area contributed by atoms with E-state index in [1.165, 1.54) is 11.8 Å². The van der Waals surface area contributed by atoms with Gasteiger partial charge < -0.3 is 15.0 Å². The number of nitrogens with zero attached hydrogens (tertiary/aromatic N) is 2. The molecular weight excluding hydrogens is 450 g/mol. The summed E-state index contributed by atoms with van der Waals surface area (Å²) in [5.41, 5.74) is 1.25. The van der Waals surface area contributed by atoms with E-state index in [1.807, 2.05) is 0 Å². The largest absolute Gasteiger partial charge is 0.427 e. The summed E-state index contributed by atoms with van der Waals surface area (Å²) in [5, 5.41) is 2.99. The molecule has 0 saturated carbocycles. The SMILES string of the molecule is CC(=O)Oc1cccc(C(=O)N2CCC(NC(=O)CCCN3C(=O)c4ccccc4C3=O)CC2)c1. The first-order valence-electron chi connectivity index (χ1n) is 11.7. The van der Waals surface area contributed by atoms with E-state index in [0.717, 1.165) is 0 Å². The molecule has 182 valence electrons. The molecule has 0 spiro atoms. The van der Waals surface area contributed by atoms with Crippen LogP contribution in [0.2, 0.25) is 0 Å². The number of benzene rings is 2. The lowest BCUT2D eigenvalue weighted by molar-refractivity contribution is -0.132. The van der Waals surface area contributed by atoms with Gasteiger partial charge in [0.25, 0.3) is 17.7 Å². The molecule has 2 aliphatic rings.